The van der Waals surface area contributed by atoms with Crippen molar-refractivity contribution in [3.63, 3.8) is 0 Å². The molecule has 7 heteroatoms. The highest BCUT2D eigenvalue weighted by Gasteiger charge is 2.22. The van der Waals surface area contributed by atoms with E-state index in [0.717, 1.165) is 5.56 Å². The summed E-state index contributed by atoms with van der Waals surface area (Å²) in [5.41, 5.74) is 2.12. The van der Waals surface area contributed by atoms with Crippen molar-refractivity contribution in [1.29, 1.82) is 0 Å². The summed E-state index contributed by atoms with van der Waals surface area (Å²) in [4.78, 5) is 24.9. The van der Waals surface area contributed by atoms with E-state index in [-0.39, 0.29) is 12.1 Å². The lowest BCUT2D eigenvalue weighted by Crippen LogP contribution is -2.07. The minimum atomic E-state index is -0.959. The smallest absolute Gasteiger partial charge is 0.304 e. The molecule has 3 rings (SSSR count). The summed E-state index contributed by atoms with van der Waals surface area (Å²) in [6, 6.07) is 11.5. The van der Waals surface area contributed by atoms with E-state index in [0.29, 0.717) is 21.5 Å². The van der Waals surface area contributed by atoms with E-state index < -0.39 is 16.8 Å². The predicted octanol–water partition coefficient (Wildman–Crippen LogP) is 4.34. The SMILES string of the molecule is O=C(O)C[C@H](c1cccc(Cl)c1)c1c[nH]c2ccc([N+](=O)[O-])cc12. The van der Waals surface area contributed by atoms with Gasteiger partial charge in [-0.15, -0.1) is 0 Å². The van der Waals surface area contributed by atoms with Crippen molar-refractivity contribution in [2.45, 2.75) is 12.3 Å². The molecule has 24 heavy (non-hydrogen) atoms. The standard InChI is InChI=1S/C17H13ClN2O4/c18-11-3-1-2-10(6-11)13(8-17(21)22)15-9-19-16-5-4-12(20(23)24)7-14(15)16/h1-7,9,13,19H,8H2,(H,21,22)/t13-/m1/s1. The van der Waals surface area contributed by atoms with Crippen LogP contribution in [0.3, 0.4) is 0 Å². The molecule has 0 aliphatic carbocycles. The van der Waals surface area contributed by atoms with Crippen molar-refractivity contribution in [3.8, 4) is 0 Å². The summed E-state index contributed by atoms with van der Waals surface area (Å²) in [6.07, 6.45) is 1.55. The third-order valence-corrected chi connectivity index (χ3v) is 4.15. The fourth-order valence-electron chi connectivity index (χ4n) is 2.84. The van der Waals surface area contributed by atoms with Gasteiger partial charge in [-0.25, -0.2) is 0 Å². The monoisotopic (exact) mass is 344 g/mol. The Balaban J connectivity index is 2.17. The largest absolute Gasteiger partial charge is 0.481 e. The average molecular weight is 345 g/mol. The minimum Gasteiger partial charge on any atom is -0.481 e. The maximum atomic E-state index is 11.3. The first-order valence-electron chi connectivity index (χ1n) is 7.18. The Morgan fingerprint density at radius 1 is 1.29 bits per heavy atom. The molecule has 1 heterocycles. The topological polar surface area (TPSA) is 96.2 Å². The molecule has 0 spiro atoms. The number of nitro groups is 1. The van der Waals surface area contributed by atoms with Gasteiger partial charge in [0.2, 0.25) is 0 Å². The molecule has 0 bridgehead atoms. The number of nitrogens with zero attached hydrogens (tertiary/aromatic N) is 1. The number of carboxylic acids is 1. The number of non-ortho nitro benzene ring substituents is 1. The number of fused-ring (bicyclic) bond motifs is 1. The van der Waals surface area contributed by atoms with Gasteiger partial charge >= 0.3 is 5.97 Å². The molecular formula is C17H13ClN2O4. The Morgan fingerprint density at radius 3 is 2.75 bits per heavy atom. The number of hydrogen-bond donors (Lipinski definition) is 2. The van der Waals surface area contributed by atoms with E-state index in [4.69, 9.17) is 11.6 Å². The molecule has 122 valence electrons. The Kier molecular flexibility index (Phi) is 4.22. The van der Waals surface area contributed by atoms with Crippen LogP contribution in [0.15, 0.2) is 48.7 Å². The normalized spacial score (nSPS) is 12.2. The molecule has 0 unspecified atom stereocenters. The van der Waals surface area contributed by atoms with E-state index in [1.807, 2.05) is 0 Å². The lowest BCUT2D eigenvalue weighted by atomic mass is 9.88. The van der Waals surface area contributed by atoms with Crippen LogP contribution in [-0.4, -0.2) is 21.0 Å². The molecule has 3 aromatic rings. The van der Waals surface area contributed by atoms with Gasteiger partial charge in [0, 0.05) is 40.2 Å². The van der Waals surface area contributed by atoms with Crippen molar-refractivity contribution < 1.29 is 14.8 Å². The number of aromatic amines is 1. The van der Waals surface area contributed by atoms with Crippen LogP contribution >= 0.6 is 11.6 Å². The number of aliphatic carboxylic acids is 1. The number of benzene rings is 2. The molecule has 0 saturated carbocycles. The summed E-state index contributed by atoms with van der Waals surface area (Å²) < 4.78 is 0. The zero-order valence-electron chi connectivity index (χ0n) is 12.4. The number of halogens is 1. The highest BCUT2D eigenvalue weighted by atomic mass is 35.5. The van der Waals surface area contributed by atoms with Gasteiger partial charge in [-0.3, -0.25) is 14.9 Å². The third kappa shape index (κ3) is 3.09. The van der Waals surface area contributed by atoms with Crippen LogP contribution in [0.2, 0.25) is 5.02 Å². The van der Waals surface area contributed by atoms with Crippen LogP contribution in [0, 0.1) is 10.1 Å². The van der Waals surface area contributed by atoms with Crippen LogP contribution in [0.25, 0.3) is 10.9 Å². The molecule has 1 atom stereocenters. The van der Waals surface area contributed by atoms with Crippen molar-refractivity contribution in [1.82, 2.24) is 4.98 Å². The molecule has 0 fully saturated rings. The van der Waals surface area contributed by atoms with Crippen LogP contribution in [0.4, 0.5) is 5.69 Å². The number of carbonyl (C=O) groups is 1. The second kappa shape index (κ2) is 6.33. The van der Waals surface area contributed by atoms with Gasteiger partial charge < -0.3 is 10.1 Å². The lowest BCUT2D eigenvalue weighted by Gasteiger charge is -2.15. The highest BCUT2D eigenvalue weighted by molar-refractivity contribution is 6.30. The van der Waals surface area contributed by atoms with Crippen molar-refractivity contribution in [3.05, 3.63) is 74.9 Å². The lowest BCUT2D eigenvalue weighted by molar-refractivity contribution is -0.384. The Morgan fingerprint density at radius 2 is 2.08 bits per heavy atom. The summed E-state index contributed by atoms with van der Waals surface area (Å²) in [5, 5.41) is 21.4. The fraction of sp³-hybridized carbons (Fsp3) is 0.118. The quantitative estimate of drug-likeness (QED) is 0.531. The minimum absolute atomic E-state index is 0.0384. The van der Waals surface area contributed by atoms with Gasteiger partial charge in [0.25, 0.3) is 5.69 Å². The Labute approximate surface area is 141 Å². The molecule has 0 radical (unpaired) electrons. The predicted molar refractivity (Wildman–Crippen MR) is 90.5 cm³/mol. The first kappa shape index (κ1) is 16.0. The van der Waals surface area contributed by atoms with Gasteiger partial charge in [-0.1, -0.05) is 23.7 Å². The van der Waals surface area contributed by atoms with Crippen LogP contribution in [-0.2, 0) is 4.79 Å². The number of hydrogen-bond acceptors (Lipinski definition) is 3. The van der Waals surface area contributed by atoms with Gasteiger partial charge in [-0.2, -0.15) is 0 Å². The average Bonchev–Trinajstić information content (AvgIpc) is 2.95. The van der Waals surface area contributed by atoms with Gasteiger partial charge in [0.05, 0.1) is 11.3 Å². The maximum absolute atomic E-state index is 11.3. The number of H-pyrrole nitrogens is 1. The number of nitro benzene ring substituents is 1. The second-order valence-corrected chi connectivity index (χ2v) is 5.87. The van der Waals surface area contributed by atoms with Gasteiger partial charge in [-0.05, 0) is 29.3 Å². The maximum Gasteiger partial charge on any atom is 0.304 e. The summed E-state index contributed by atoms with van der Waals surface area (Å²) in [6.45, 7) is 0. The van der Waals surface area contributed by atoms with E-state index in [9.17, 15) is 20.0 Å². The molecule has 6 nitrogen and oxygen atoms in total. The van der Waals surface area contributed by atoms with E-state index in [1.165, 1.54) is 12.1 Å². The highest BCUT2D eigenvalue weighted by Crippen LogP contribution is 2.35. The molecular weight excluding hydrogens is 332 g/mol. The molecule has 0 amide bonds. The van der Waals surface area contributed by atoms with Crippen molar-refractivity contribution >= 4 is 34.2 Å². The molecule has 0 aliphatic rings. The number of rotatable bonds is 5. The van der Waals surface area contributed by atoms with Gasteiger partial charge in [0.15, 0.2) is 0 Å². The van der Waals surface area contributed by atoms with E-state index >= 15 is 0 Å². The molecule has 1 aromatic heterocycles. The number of aromatic nitrogens is 1. The third-order valence-electron chi connectivity index (χ3n) is 3.91. The second-order valence-electron chi connectivity index (χ2n) is 5.44. The van der Waals surface area contributed by atoms with Gasteiger partial charge in [0.1, 0.15) is 0 Å². The van der Waals surface area contributed by atoms with E-state index in [1.54, 1.807) is 36.5 Å². The summed E-state index contributed by atoms with van der Waals surface area (Å²) in [5.74, 6) is -1.42. The Hall–Kier alpha value is -2.86. The van der Waals surface area contributed by atoms with Crippen molar-refractivity contribution in [2.24, 2.45) is 0 Å². The number of nitrogens with one attached hydrogen (secondary N) is 1. The summed E-state index contributed by atoms with van der Waals surface area (Å²) >= 11 is 6.03. The zero-order valence-corrected chi connectivity index (χ0v) is 13.2. The molecule has 0 saturated heterocycles. The van der Waals surface area contributed by atoms with E-state index in [2.05, 4.69) is 4.98 Å². The van der Waals surface area contributed by atoms with Crippen LogP contribution in [0.1, 0.15) is 23.5 Å². The Bertz CT molecular complexity index is 935. The fourth-order valence-corrected chi connectivity index (χ4v) is 3.04. The first-order chi connectivity index (χ1) is 11.5. The first-order valence-corrected chi connectivity index (χ1v) is 7.56. The van der Waals surface area contributed by atoms with Crippen molar-refractivity contribution in [2.75, 3.05) is 0 Å². The number of carboxylic acid groups (broad SMARTS) is 1. The van der Waals surface area contributed by atoms with Crippen LogP contribution in [0.5, 0.6) is 0 Å². The zero-order chi connectivity index (χ0) is 17.3. The molecule has 0 aliphatic heterocycles. The molecule has 2 aromatic carbocycles. The summed E-state index contributed by atoms with van der Waals surface area (Å²) in [7, 11) is 0. The molecule has 2 N–H and O–H groups in total. The van der Waals surface area contributed by atoms with Crippen LogP contribution < -0.4 is 0 Å².